The Labute approximate surface area is 157 Å². The van der Waals surface area contributed by atoms with Gasteiger partial charge in [-0.05, 0) is 36.8 Å². The SMILES string of the molecule is CCCN1C(=O)/C(=C/c2ccccc2OCc2ccccc2F)NC1=S. The van der Waals surface area contributed by atoms with Gasteiger partial charge in [0.05, 0.1) is 0 Å². The number of hydrogen-bond donors (Lipinski definition) is 1. The lowest BCUT2D eigenvalue weighted by atomic mass is 10.1. The van der Waals surface area contributed by atoms with E-state index in [1.165, 1.54) is 6.07 Å². The number of hydrogen-bond acceptors (Lipinski definition) is 3. The maximum Gasteiger partial charge on any atom is 0.276 e. The maximum atomic E-state index is 13.8. The Morgan fingerprint density at radius 1 is 1.19 bits per heavy atom. The first-order valence-electron chi connectivity index (χ1n) is 8.40. The number of nitrogens with zero attached hydrogens (tertiary/aromatic N) is 1. The second-order valence-corrected chi connectivity index (χ2v) is 6.25. The van der Waals surface area contributed by atoms with E-state index in [1.807, 2.05) is 25.1 Å². The van der Waals surface area contributed by atoms with E-state index in [2.05, 4.69) is 5.32 Å². The van der Waals surface area contributed by atoms with Crippen LogP contribution < -0.4 is 10.1 Å². The fourth-order valence-corrected chi connectivity index (χ4v) is 2.94. The molecule has 0 saturated carbocycles. The highest BCUT2D eigenvalue weighted by atomic mass is 32.1. The van der Waals surface area contributed by atoms with Crippen molar-refractivity contribution >= 4 is 29.3 Å². The van der Waals surface area contributed by atoms with Gasteiger partial charge >= 0.3 is 0 Å². The molecule has 1 aliphatic rings. The van der Waals surface area contributed by atoms with Crippen LogP contribution in [0.25, 0.3) is 6.08 Å². The molecular weight excluding hydrogens is 351 g/mol. The summed E-state index contributed by atoms with van der Waals surface area (Å²) in [5.74, 6) is 0.106. The smallest absolute Gasteiger partial charge is 0.276 e. The highest BCUT2D eigenvalue weighted by molar-refractivity contribution is 7.80. The highest BCUT2D eigenvalue weighted by Gasteiger charge is 2.29. The molecule has 0 aliphatic carbocycles. The van der Waals surface area contributed by atoms with Gasteiger partial charge in [0.25, 0.3) is 5.91 Å². The lowest BCUT2D eigenvalue weighted by molar-refractivity contribution is -0.122. The quantitative estimate of drug-likeness (QED) is 0.619. The molecule has 2 aromatic carbocycles. The molecule has 26 heavy (non-hydrogen) atoms. The molecule has 1 N–H and O–H groups in total. The van der Waals surface area contributed by atoms with Gasteiger partial charge in [-0.25, -0.2) is 4.39 Å². The molecule has 0 spiro atoms. The Kier molecular flexibility index (Phi) is 5.63. The highest BCUT2D eigenvalue weighted by Crippen LogP contribution is 2.24. The zero-order chi connectivity index (χ0) is 18.5. The Morgan fingerprint density at radius 2 is 1.92 bits per heavy atom. The van der Waals surface area contributed by atoms with E-state index in [4.69, 9.17) is 17.0 Å². The van der Waals surface area contributed by atoms with Crippen LogP contribution in [0.1, 0.15) is 24.5 Å². The molecule has 0 atom stereocenters. The van der Waals surface area contributed by atoms with Gasteiger partial charge in [0.2, 0.25) is 0 Å². The van der Waals surface area contributed by atoms with Crippen LogP contribution in [0.2, 0.25) is 0 Å². The van der Waals surface area contributed by atoms with E-state index in [0.717, 1.165) is 12.0 Å². The maximum absolute atomic E-state index is 13.8. The van der Waals surface area contributed by atoms with Gasteiger partial charge < -0.3 is 10.1 Å². The van der Waals surface area contributed by atoms with Gasteiger partial charge in [-0.3, -0.25) is 9.69 Å². The summed E-state index contributed by atoms with van der Waals surface area (Å²) in [6, 6.07) is 13.8. The molecule has 1 amide bonds. The minimum atomic E-state index is -0.309. The third-order valence-electron chi connectivity index (χ3n) is 3.97. The van der Waals surface area contributed by atoms with E-state index in [9.17, 15) is 9.18 Å². The molecule has 1 heterocycles. The Morgan fingerprint density at radius 3 is 2.69 bits per heavy atom. The number of halogens is 1. The van der Waals surface area contributed by atoms with Crippen molar-refractivity contribution in [1.82, 2.24) is 10.2 Å². The average Bonchev–Trinajstić information content (AvgIpc) is 2.90. The Balaban J connectivity index is 1.80. The van der Waals surface area contributed by atoms with Crippen LogP contribution in [0.5, 0.6) is 5.75 Å². The van der Waals surface area contributed by atoms with E-state index < -0.39 is 0 Å². The fourth-order valence-electron chi connectivity index (χ4n) is 2.66. The minimum Gasteiger partial charge on any atom is -0.488 e. The van der Waals surface area contributed by atoms with Crippen molar-refractivity contribution in [2.45, 2.75) is 20.0 Å². The summed E-state index contributed by atoms with van der Waals surface area (Å²) < 4.78 is 19.5. The summed E-state index contributed by atoms with van der Waals surface area (Å²) in [5.41, 5.74) is 1.60. The van der Waals surface area contributed by atoms with Crippen molar-refractivity contribution < 1.29 is 13.9 Å². The number of amides is 1. The monoisotopic (exact) mass is 370 g/mol. The van der Waals surface area contributed by atoms with E-state index >= 15 is 0 Å². The van der Waals surface area contributed by atoms with E-state index in [0.29, 0.717) is 28.7 Å². The summed E-state index contributed by atoms with van der Waals surface area (Å²) in [6.45, 7) is 2.67. The minimum absolute atomic E-state index is 0.106. The molecule has 1 fully saturated rings. The number of ether oxygens (including phenoxy) is 1. The van der Waals surface area contributed by atoms with Crippen molar-refractivity contribution in [2.75, 3.05) is 6.54 Å². The molecule has 3 rings (SSSR count). The number of thiocarbonyl (C=S) groups is 1. The standard InChI is InChI=1S/C20H19FN2O2S/c1-2-11-23-19(24)17(22-20(23)26)12-14-7-4-6-10-18(14)25-13-15-8-3-5-9-16(15)21/h3-10,12H,2,11,13H2,1H3,(H,22,26)/b17-12-. The van der Waals surface area contributed by atoms with Crippen molar-refractivity contribution in [2.24, 2.45) is 0 Å². The number of benzene rings is 2. The van der Waals surface area contributed by atoms with Crippen molar-refractivity contribution in [3.8, 4) is 5.75 Å². The molecule has 0 aromatic heterocycles. The zero-order valence-electron chi connectivity index (χ0n) is 14.4. The summed E-state index contributed by atoms with van der Waals surface area (Å²) >= 11 is 5.22. The molecule has 134 valence electrons. The molecule has 0 bridgehead atoms. The molecule has 4 nitrogen and oxygen atoms in total. The predicted molar refractivity (Wildman–Crippen MR) is 103 cm³/mol. The predicted octanol–water partition coefficient (Wildman–Crippen LogP) is 3.87. The molecule has 6 heteroatoms. The molecule has 1 aliphatic heterocycles. The summed E-state index contributed by atoms with van der Waals surface area (Å²) in [5, 5.41) is 3.36. The summed E-state index contributed by atoms with van der Waals surface area (Å²) in [7, 11) is 0. The van der Waals surface area contributed by atoms with Crippen LogP contribution in [0.15, 0.2) is 54.2 Å². The first-order valence-corrected chi connectivity index (χ1v) is 8.80. The second kappa shape index (κ2) is 8.10. The lowest BCUT2D eigenvalue weighted by Crippen LogP contribution is -2.31. The number of para-hydroxylation sites is 1. The molecule has 0 radical (unpaired) electrons. The number of carbonyl (C=O) groups excluding carboxylic acids is 1. The normalized spacial score (nSPS) is 15.5. The molecular formula is C20H19FN2O2S. The fraction of sp³-hybridized carbons (Fsp3) is 0.200. The van der Waals surface area contributed by atoms with Crippen LogP contribution in [-0.2, 0) is 11.4 Å². The van der Waals surface area contributed by atoms with Gasteiger partial charge in [-0.1, -0.05) is 43.3 Å². The third-order valence-corrected chi connectivity index (χ3v) is 4.29. The topological polar surface area (TPSA) is 41.6 Å². The number of carbonyl (C=O) groups is 1. The van der Waals surface area contributed by atoms with Crippen LogP contribution in [0, 0.1) is 5.82 Å². The van der Waals surface area contributed by atoms with Crippen LogP contribution in [-0.4, -0.2) is 22.5 Å². The van der Waals surface area contributed by atoms with Crippen molar-refractivity contribution in [3.63, 3.8) is 0 Å². The number of nitrogens with one attached hydrogen (secondary N) is 1. The van der Waals surface area contributed by atoms with E-state index in [1.54, 1.807) is 35.2 Å². The zero-order valence-corrected chi connectivity index (χ0v) is 15.2. The van der Waals surface area contributed by atoms with Crippen LogP contribution in [0.4, 0.5) is 4.39 Å². The van der Waals surface area contributed by atoms with Gasteiger partial charge in [0.1, 0.15) is 23.9 Å². The van der Waals surface area contributed by atoms with Gasteiger partial charge in [0.15, 0.2) is 5.11 Å². The van der Waals surface area contributed by atoms with Crippen LogP contribution in [0.3, 0.4) is 0 Å². The third kappa shape index (κ3) is 3.91. The first-order chi connectivity index (χ1) is 12.6. The summed E-state index contributed by atoms with van der Waals surface area (Å²) in [6.07, 6.45) is 2.53. The van der Waals surface area contributed by atoms with E-state index in [-0.39, 0.29) is 18.3 Å². The Bertz CT molecular complexity index is 866. The van der Waals surface area contributed by atoms with Gasteiger partial charge in [-0.15, -0.1) is 0 Å². The summed E-state index contributed by atoms with van der Waals surface area (Å²) in [4.78, 5) is 14.0. The average molecular weight is 370 g/mol. The second-order valence-electron chi connectivity index (χ2n) is 5.86. The molecule has 1 saturated heterocycles. The molecule has 2 aromatic rings. The van der Waals surface area contributed by atoms with Gasteiger partial charge in [-0.2, -0.15) is 0 Å². The number of rotatable bonds is 6. The Hall–Kier alpha value is -2.73. The largest absolute Gasteiger partial charge is 0.488 e. The van der Waals surface area contributed by atoms with Crippen molar-refractivity contribution in [1.29, 1.82) is 0 Å². The lowest BCUT2D eigenvalue weighted by Gasteiger charge is -2.11. The first kappa shape index (κ1) is 18.1. The molecule has 0 unspecified atom stereocenters. The van der Waals surface area contributed by atoms with Crippen molar-refractivity contribution in [3.05, 3.63) is 71.2 Å². The van der Waals surface area contributed by atoms with Crippen LogP contribution >= 0.6 is 12.2 Å². The van der Waals surface area contributed by atoms with Gasteiger partial charge in [0, 0.05) is 17.7 Å².